The molecule has 2 rings (SSSR count). The number of carbonyl (C=O) groups is 1. The number of nitrogens with two attached hydrogens (primary N) is 1. The molecule has 1 aromatic heterocycles. The molecule has 0 spiro atoms. The van der Waals surface area contributed by atoms with Crippen molar-refractivity contribution in [2.24, 2.45) is 5.73 Å². The summed E-state index contributed by atoms with van der Waals surface area (Å²) in [4.78, 5) is 12.1. The molecule has 21 heavy (non-hydrogen) atoms. The van der Waals surface area contributed by atoms with Crippen LogP contribution in [0.1, 0.15) is 17.7 Å². The summed E-state index contributed by atoms with van der Waals surface area (Å²) < 4.78 is 1.78. The molecule has 5 nitrogen and oxygen atoms in total. The van der Waals surface area contributed by atoms with Gasteiger partial charge in [-0.25, -0.2) is 0 Å². The summed E-state index contributed by atoms with van der Waals surface area (Å²) in [5.41, 5.74) is 6.46. The number of benzene rings is 1. The molecule has 1 unspecified atom stereocenters. The molecule has 1 amide bonds. The van der Waals surface area contributed by atoms with Gasteiger partial charge < -0.3 is 11.1 Å². The normalized spacial score (nSPS) is 13.9. The van der Waals surface area contributed by atoms with E-state index in [4.69, 9.17) is 17.3 Å². The molecule has 112 valence electrons. The maximum Gasteiger partial charge on any atom is 0.242 e. The van der Waals surface area contributed by atoms with Crippen molar-refractivity contribution < 1.29 is 4.79 Å². The zero-order valence-electron chi connectivity index (χ0n) is 12.1. The molecule has 1 heterocycles. The lowest BCUT2D eigenvalue weighted by Gasteiger charge is -2.31. The number of primary amides is 1. The molecule has 6 heteroatoms. The van der Waals surface area contributed by atoms with Crippen molar-refractivity contribution in [2.45, 2.75) is 25.4 Å². The van der Waals surface area contributed by atoms with Crippen molar-refractivity contribution in [3.05, 3.63) is 52.8 Å². The van der Waals surface area contributed by atoms with Crippen LogP contribution in [0, 0.1) is 6.92 Å². The van der Waals surface area contributed by atoms with Gasteiger partial charge in [0.2, 0.25) is 5.91 Å². The number of likely N-dealkylation sites (N-methyl/N-ethyl adjacent to an activating group) is 1. The van der Waals surface area contributed by atoms with Gasteiger partial charge in [0.05, 0.1) is 16.9 Å². The summed E-state index contributed by atoms with van der Waals surface area (Å²) in [6, 6.07) is 9.47. The quantitative estimate of drug-likeness (QED) is 0.855. The third-order valence-corrected chi connectivity index (χ3v) is 4.23. The van der Waals surface area contributed by atoms with Crippen molar-refractivity contribution >= 4 is 17.5 Å². The number of hydrogen-bond donors (Lipinski definition) is 2. The highest BCUT2D eigenvalue weighted by molar-refractivity contribution is 6.31. The van der Waals surface area contributed by atoms with Gasteiger partial charge in [0.25, 0.3) is 0 Å². The van der Waals surface area contributed by atoms with Crippen LogP contribution in [0.3, 0.4) is 0 Å². The molecule has 0 aliphatic carbocycles. The fraction of sp³-hybridized carbons (Fsp3) is 0.333. The number of aryl methyl sites for hydroxylation is 1. The van der Waals surface area contributed by atoms with E-state index in [1.54, 1.807) is 17.9 Å². The smallest absolute Gasteiger partial charge is 0.242 e. The maximum absolute atomic E-state index is 12.1. The van der Waals surface area contributed by atoms with E-state index >= 15 is 0 Å². The Morgan fingerprint density at radius 3 is 2.57 bits per heavy atom. The van der Waals surface area contributed by atoms with Crippen LogP contribution in [0.15, 0.2) is 36.5 Å². The Morgan fingerprint density at radius 1 is 1.43 bits per heavy atom. The first-order valence-electron chi connectivity index (χ1n) is 6.73. The van der Waals surface area contributed by atoms with Gasteiger partial charge in [-0.1, -0.05) is 41.9 Å². The second-order valence-corrected chi connectivity index (χ2v) is 5.34. The summed E-state index contributed by atoms with van der Waals surface area (Å²) in [5.74, 6) is -0.410. The molecular weight excluding hydrogens is 288 g/mol. The van der Waals surface area contributed by atoms with Crippen LogP contribution in [0.2, 0.25) is 5.02 Å². The topological polar surface area (TPSA) is 72.9 Å². The second kappa shape index (κ2) is 6.28. The molecule has 0 aliphatic rings. The summed E-state index contributed by atoms with van der Waals surface area (Å²) in [7, 11) is 1.74. The molecule has 0 aliphatic heterocycles. The number of aromatic nitrogens is 2. The Bertz CT molecular complexity index is 626. The summed E-state index contributed by atoms with van der Waals surface area (Å²) in [6.07, 6.45) is 2.09. The van der Waals surface area contributed by atoms with E-state index in [0.717, 1.165) is 11.3 Å². The highest BCUT2D eigenvalue weighted by atomic mass is 35.5. The summed E-state index contributed by atoms with van der Waals surface area (Å²) in [5, 5.41) is 7.90. The third kappa shape index (κ3) is 2.94. The van der Waals surface area contributed by atoms with Crippen molar-refractivity contribution in [1.82, 2.24) is 15.1 Å². The maximum atomic E-state index is 12.1. The van der Waals surface area contributed by atoms with E-state index in [9.17, 15) is 4.79 Å². The van der Waals surface area contributed by atoms with Crippen molar-refractivity contribution in [3.63, 3.8) is 0 Å². The largest absolute Gasteiger partial charge is 0.368 e. The molecule has 1 aromatic carbocycles. The minimum Gasteiger partial charge on any atom is -0.368 e. The molecule has 0 radical (unpaired) electrons. The predicted octanol–water partition coefficient (Wildman–Crippen LogP) is 1.84. The SMILES string of the molecule is CNC(CCn1ncc(Cl)c1C)(C(N)=O)c1ccccc1. The number of nitrogens with one attached hydrogen (secondary N) is 1. The summed E-state index contributed by atoms with van der Waals surface area (Å²) >= 11 is 6.00. The first-order valence-corrected chi connectivity index (χ1v) is 7.11. The molecular formula is C15H19ClN4O. The number of rotatable bonds is 6. The highest BCUT2D eigenvalue weighted by Gasteiger charge is 2.36. The van der Waals surface area contributed by atoms with Crippen LogP contribution >= 0.6 is 11.6 Å². The first kappa shape index (κ1) is 15.5. The van der Waals surface area contributed by atoms with Crippen LogP contribution < -0.4 is 11.1 Å². The predicted molar refractivity (Wildman–Crippen MR) is 83.0 cm³/mol. The van der Waals surface area contributed by atoms with Gasteiger partial charge in [-0.2, -0.15) is 5.10 Å². The molecule has 0 saturated heterocycles. The van der Waals surface area contributed by atoms with Gasteiger partial charge in [0.15, 0.2) is 0 Å². The molecule has 1 atom stereocenters. The fourth-order valence-electron chi connectivity index (χ4n) is 2.45. The van der Waals surface area contributed by atoms with Crippen molar-refractivity contribution in [2.75, 3.05) is 7.05 Å². The Morgan fingerprint density at radius 2 is 2.10 bits per heavy atom. The van der Waals surface area contributed by atoms with Crippen molar-refractivity contribution in [1.29, 1.82) is 0 Å². The van der Waals surface area contributed by atoms with E-state index in [1.807, 2.05) is 37.3 Å². The Labute approximate surface area is 129 Å². The van der Waals surface area contributed by atoms with E-state index in [0.29, 0.717) is 18.0 Å². The minimum atomic E-state index is -0.924. The second-order valence-electron chi connectivity index (χ2n) is 4.94. The van der Waals surface area contributed by atoms with Crippen LogP contribution in [-0.4, -0.2) is 22.7 Å². The molecule has 2 aromatic rings. The van der Waals surface area contributed by atoms with Gasteiger partial charge in [-0.3, -0.25) is 9.48 Å². The van der Waals surface area contributed by atoms with Gasteiger partial charge >= 0.3 is 0 Å². The van der Waals surface area contributed by atoms with Gasteiger partial charge in [0.1, 0.15) is 5.54 Å². The number of hydrogen-bond acceptors (Lipinski definition) is 3. The van der Waals surface area contributed by atoms with Crippen molar-refractivity contribution in [3.8, 4) is 0 Å². The van der Waals surface area contributed by atoms with E-state index < -0.39 is 11.4 Å². The highest BCUT2D eigenvalue weighted by Crippen LogP contribution is 2.26. The molecule has 0 saturated carbocycles. The lowest BCUT2D eigenvalue weighted by atomic mass is 9.86. The molecule has 3 N–H and O–H groups in total. The Hall–Kier alpha value is -1.85. The van der Waals surface area contributed by atoms with Crippen LogP contribution in [0.25, 0.3) is 0 Å². The standard InChI is InChI=1S/C15H19ClN4O/c1-11-13(16)10-19-20(11)9-8-15(18-2,14(17)21)12-6-4-3-5-7-12/h3-7,10,18H,8-9H2,1-2H3,(H2,17,21). The third-order valence-electron chi connectivity index (χ3n) is 3.86. The Kier molecular flexibility index (Phi) is 4.65. The number of amides is 1. The average Bonchev–Trinajstić information content (AvgIpc) is 2.81. The molecule has 0 fully saturated rings. The Balaban J connectivity index is 2.29. The lowest BCUT2D eigenvalue weighted by Crippen LogP contribution is -2.51. The van der Waals surface area contributed by atoms with E-state index in [-0.39, 0.29) is 0 Å². The first-order chi connectivity index (χ1) is 10.0. The van der Waals surface area contributed by atoms with Gasteiger partial charge in [-0.15, -0.1) is 0 Å². The zero-order chi connectivity index (χ0) is 15.5. The van der Waals surface area contributed by atoms with Crippen LogP contribution in [0.5, 0.6) is 0 Å². The number of nitrogens with zero attached hydrogens (tertiary/aromatic N) is 2. The summed E-state index contributed by atoms with van der Waals surface area (Å²) in [6.45, 7) is 2.43. The monoisotopic (exact) mass is 306 g/mol. The van der Waals surface area contributed by atoms with Gasteiger partial charge in [-0.05, 0) is 26.0 Å². The van der Waals surface area contributed by atoms with Crippen LogP contribution in [0.4, 0.5) is 0 Å². The average molecular weight is 307 g/mol. The van der Waals surface area contributed by atoms with E-state index in [2.05, 4.69) is 10.4 Å². The minimum absolute atomic E-state index is 0.410. The number of halogens is 1. The number of carbonyl (C=O) groups excluding carboxylic acids is 1. The zero-order valence-corrected chi connectivity index (χ0v) is 12.9. The fourth-order valence-corrected chi connectivity index (χ4v) is 2.59. The molecule has 0 bridgehead atoms. The lowest BCUT2D eigenvalue weighted by molar-refractivity contribution is -0.125. The van der Waals surface area contributed by atoms with Gasteiger partial charge in [0, 0.05) is 6.54 Å². The van der Waals surface area contributed by atoms with E-state index in [1.165, 1.54) is 0 Å². The van der Waals surface area contributed by atoms with Crippen LogP contribution in [-0.2, 0) is 16.9 Å².